The molecule has 0 aliphatic rings. The number of amides is 1. The first-order chi connectivity index (χ1) is 8.17. The number of rotatable bonds is 6. The van der Waals surface area contributed by atoms with Crippen LogP contribution in [0.2, 0.25) is 0 Å². The molecule has 0 saturated carbocycles. The van der Waals surface area contributed by atoms with Gasteiger partial charge in [-0.3, -0.25) is 9.78 Å². The summed E-state index contributed by atoms with van der Waals surface area (Å²) < 4.78 is 0. The summed E-state index contributed by atoms with van der Waals surface area (Å²) in [6, 6.07) is 3.65. The summed E-state index contributed by atoms with van der Waals surface area (Å²) in [5.74, 6) is -0.130. The molecular weight excluding hydrogens is 234 g/mol. The van der Waals surface area contributed by atoms with Crippen molar-refractivity contribution >= 4 is 23.4 Å². The van der Waals surface area contributed by atoms with Gasteiger partial charge in [-0.25, -0.2) is 0 Å². The van der Waals surface area contributed by atoms with E-state index in [1.807, 2.05) is 13.0 Å². The van der Waals surface area contributed by atoms with Gasteiger partial charge in [0.25, 0.3) is 5.91 Å². The lowest BCUT2D eigenvalue weighted by atomic mass is 10.3. The van der Waals surface area contributed by atoms with E-state index in [1.54, 1.807) is 24.0 Å². The van der Waals surface area contributed by atoms with E-state index in [-0.39, 0.29) is 5.91 Å². The SMILES string of the molecule is CCNC(=O)c1cc(NCC(C)SC)ccn1. The molecule has 0 saturated heterocycles. The third-order valence-corrected chi connectivity index (χ3v) is 3.30. The molecule has 0 spiro atoms. The van der Waals surface area contributed by atoms with Crippen LogP contribution in [0.3, 0.4) is 0 Å². The highest BCUT2D eigenvalue weighted by Gasteiger charge is 2.06. The number of thioether (sulfide) groups is 1. The smallest absolute Gasteiger partial charge is 0.269 e. The standard InChI is InChI=1S/C12H19N3OS/c1-4-13-12(16)11-7-10(5-6-14-11)15-8-9(2)17-3/h5-7,9H,4,8H2,1-3H3,(H,13,16)(H,14,15). The first-order valence-corrected chi connectivity index (χ1v) is 6.97. The van der Waals surface area contributed by atoms with Crippen molar-refractivity contribution in [2.24, 2.45) is 0 Å². The number of carbonyl (C=O) groups is 1. The van der Waals surface area contributed by atoms with Gasteiger partial charge in [0.05, 0.1) is 0 Å². The summed E-state index contributed by atoms with van der Waals surface area (Å²) in [7, 11) is 0. The number of anilines is 1. The molecule has 1 atom stereocenters. The Balaban J connectivity index is 2.62. The minimum Gasteiger partial charge on any atom is -0.384 e. The van der Waals surface area contributed by atoms with Gasteiger partial charge in [0.1, 0.15) is 5.69 Å². The van der Waals surface area contributed by atoms with Crippen LogP contribution in [0.4, 0.5) is 5.69 Å². The third kappa shape index (κ3) is 4.65. The van der Waals surface area contributed by atoms with Gasteiger partial charge in [0.2, 0.25) is 0 Å². The highest BCUT2D eigenvalue weighted by Crippen LogP contribution is 2.11. The predicted octanol–water partition coefficient (Wildman–Crippen LogP) is 1.99. The molecule has 0 aliphatic carbocycles. The van der Waals surface area contributed by atoms with Gasteiger partial charge in [0, 0.05) is 30.2 Å². The molecule has 2 N–H and O–H groups in total. The fourth-order valence-electron chi connectivity index (χ4n) is 1.26. The molecule has 0 aliphatic heterocycles. The molecule has 94 valence electrons. The molecule has 1 aromatic heterocycles. The number of hydrogen-bond acceptors (Lipinski definition) is 4. The molecule has 0 aromatic carbocycles. The average molecular weight is 253 g/mol. The van der Waals surface area contributed by atoms with Crippen molar-refractivity contribution < 1.29 is 4.79 Å². The zero-order valence-corrected chi connectivity index (χ0v) is 11.3. The van der Waals surface area contributed by atoms with Crippen molar-refractivity contribution in [2.45, 2.75) is 19.1 Å². The lowest BCUT2D eigenvalue weighted by molar-refractivity contribution is 0.0951. The lowest BCUT2D eigenvalue weighted by Crippen LogP contribution is -2.23. The Hall–Kier alpha value is -1.23. The molecule has 0 bridgehead atoms. The number of nitrogens with one attached hydrogen (secondary N) is 2. The van der Waals surface area contributed by atoms with E-state index in [0.29, 0.717) is 17.5 Å². The molecule has 1 unspecified atom stereocenters. The van der Waals surface area contributed by atoms with Crippen LogP contribution in [0.25, 0.3) is 0 Å². The number of nitrogens with zero attached hydrogens (tertiary/aromatic N) is 1. The maximum Gasteiger partial charge on any atom is 0.269 e. The van der Waals surface area contributed by atoms with E-state index in [9.17, 15) is 4.79 Å². The summed E-state index contributed by atoms with van der Waals surface area (Å²) in [6.07, 6.45) is 3.73. The van der Waals surface area contributed by atoms with E-state index in [1.165, 1.54) is 0 Å². The van der Waals surface area contributed by atoms with Crippen LogP contribution in [0.15, 0.2) is 18.3 Å². The number of pyridine rings is 1. The molecule has 1 aromatic rings. The van der Waals surface area contributed by atoms with Crippen LogP contribution in [-0.2, 0) is 0 Å². The molecule has 17 heavy (non-hydrogen) atoms. The Labute approximate surface area is 107 Å². The van der Waals surface area contributed by atoms with Crippen molar-refractivity contribution in [3.8, 4) is 0 Å². The second-order valence-corrected chi connectivity index (χ2v) is 4.99. The van der Waals surface area contributed by atoms with Crippen LogP contribution in [0.5, 0.6) is 0 Å². The van der Waals surface area contributed by atoms with Crippen molar-refractivity contribution in [3.63, 3.8) is 0 Å². The fraction of sp³-hybridized carbons (Fsp3) is 0.500. The van der Waals surface area contributed by atoms with Gasteiger partial charge < -0.3 is 10.6 Å². The Bertz CT molecular complexity index is 371. The van der Waals surface area contributed by atoms with Crippen LogP contribution in [0.1, 0.15) is 24.3 Å². The van der Waals surface area contributed by atoms with Gasteiger partial charge in [-0.15, -0.1) is 0 Å². The minimum absolute atomic E-state index is 0.130. The zero-order chi connectivity index (χ0) is 12.7. The van der Waals surface area contributed by atoms with E-state index in [0.717, 1.165) is 12.2 Å². The fourth-order valence-corrected chi connectivity index (χ4v) is 1.51. The van der Waals surface area contributed by atoms with Gasteiger partial charge in [0.15, 0.2) is 0 Å². The van der Waals surface area contributed by atoms with E-state index in [2.05, 4.69) is 28.8 Å². The number of carbonyl (C=O) groups excluding carboxylic acids is 1. The highest BCUT2D eigenvalue weighted by molar-refractivity contribution is 7.99. The van der Waals surface area contributed by atoms with Crippen LogP contribution < -0.4 is 10.6 Å². The monoisotopic (exact) mass is 253 g/mol. The lowest BCUT2D eigenvalue weighted by Gasteiger charge is -2.11. The number of hydrogen-bond donors (Lipinski definition) is 2. The Kier molecular flexibility index (Phi) is 5.83. The topological polar surface area (TPSA) is 54.0 Å². The molecule has 0 fully saturated rings. The van der Waals surface area contributed by atoms with Crippen molar-refractivity contribution in [1.82, 2.24) is 10.3 Å². The largest absolute Gasteiger partial charge is 0.384 e. The Morgan fingerprint density at radius 2 is 2.35 bits per heavy atom. The number of aromatic nitrogens is 1. The maximum absolute atomic E-state index is 11.6. The minimum atomic E-state index is -0.130. The van der Waals surface area contributed by atoms with Gasteiger partial charge in [-0.1, -0.05) is 6.92 Å². The summed E-state index contributed by atoms with van der Waals surface area (Å²) in [5, 5.41) is 6.56. The zero-order valence-electron chi connectivity index (χ0n) is 10.5. The molecule has 1 rings (SSSR count). The summed E-state index contributed by atoms with van der Waals surface area (Å²) in [6.45, 7) is 5.53. The van der Waals surface area contributed by atoms with Crippen molar-refractivity contribution in [3.05, 3.63) is 24.0 Å². The van der Waals surface area contributed by atoms with E-state index in [4.69, 9.17) is 0 Å². The third-order valence-electron chi connectivity index (χ3n) is 2.33. The van der Waals surface area contributed by atoms with E-state index >= 15 is 0 Å². The molecule has 4 nitrogen and oxygen atoms in total. The Morgan fingerprint density at radius 3 is 3.00 bits per heavy atom. The van der Waals surface area contributed by atoms with Crippen LogP contribution in [0, 0.1) is 0 Å². The second kappa shape index (κ2) is 7.17. The first-order valence-electron chi connectivity index (χ1n) is 5.68. The second-order valence-electron chi connectivity index (χ2n) is 3.72. The van der Waals surface area contributed by atoms with Crippen LogP contribution >= 0.6 is 11.8 Å². The summed E-state index contributed by atoms with van der Waals surface area (Å²) in [5.41, 5.74) is 1.39. The van der Waals surface area contributed by atoms with Crippen LogP contribution in [-0.4, -0.2) is 35.5 Å². The first kappa shape index (κ1) is 13.8. The van der Waals surface area contributed by atoms with Gasteiger partial charge in [-0.2, -0.15) is 11.8 Å². The Morgan fingerprint density at radius 1 is 1.59 bits per heavy atom. The molecule has 0 radical (unpaired) electrons. The molecule has 5 heteroatoms. The quantitative estimate of drug-likeness (QED) is 0.814. The summed E-state index contributed by atoms with van der Waals surface area (Å²) >= 11 is 1.81. The average Bonchev–Trinajstić information content (AvgIpc) is 2.36. The highest BCUT2D eigenvalue weighted by atomic mass is 32.2. The van der Waals surface area contributed by atoms with E-state index < -0.39 is 0 Å². The predicted molar refractivity (Wildman–Crippen MR) is 73.7 cm³/mol. The van der Waals surface area contributed by atoms with Gasteiger partial charge >= 0.3 is 0 Å². The summed E-state index contributed by atoms with van der Waals surface area (Å²) in [4.78, 5) is 15.6. The molecule has 1 amide bonds. The van der Waals surface area contributed by atoms with Crippen molar-refractivity contribution in [1.29, 1.82) is 0 Å². The molecule has 1 heterocycles. The normalized spacial score (nSPS) is 11.9. The van der Waals surface area contributed by atoms with Gasteiger partial charge in [-0.05, 0) is 25.3 Å². The maximum atomic E-state index is 11.6. The molecular formula is C12H19N3OS. The van der Waals surface area contributed by atoms with Crippen molar-refractivity contribution in [2.75, 3.05) is 24.7 Å².